The molecule has 0 atom stereocenters. The van der Waals surface area contributed by atoms with Crippen LogP contribution in [0.1, 0.15) is 12.5 Å². The number of hydrogen-bond donors (Lipinski definition) is 1. The number of rotatable bonds is 4. The number of likely N-dealkylation sites (N-methyl/N-ethyl adjacent to an activating group) is 1. The van der Waals surface area contributed by atoms with Gasteiger partial charge in [0, 0.05) is 31.9 Å². The number of piperazine rings is 1. The highest BCUT2D eigenvalue weighted by Crippen LogP contribution is 2.17. The van der Waals surface area contributed by atoms with E-state index in [-0.39, 0.29) is 0 Å². The van der Waals surface area contributed by atoms with Crippen LogP contribution in [-0.4, -0.2) is 52.8 Å². The molecule has 1 aliphatic heterocycles. The van der Waals surface area contributed by atoms with E-state index in [1.165, 1.54) is 5.56 Å². The summed E-state index contributed by atoms with van der Waals surface area (Å²) in [4.78, 5) is 9.21. The van der Waals surface area contributed by atoms with Crippen LogP contribution in [0.15, 0.2) is 30.5 Å². The Morgan fingerprint density at radius 1 is 1.09 bits per heavy atom. The van der Waals surface area contributed by atoms with Crippen LogP contribution in [0.5, 0.6) is 0 Å². The van der Waals surface area contributed by atoms with E-state index >= 15 is 0 Å². The summed E-state index contributed by atoms with van der Waals surface area (Å²) in [5, 5.41) is 11.5. The molecule has 2 aromatic rings. The summed E-state index contributed by atoms with van der Waals surface area (Å²) in [5.41, 5.74) is 2.24. The minimum absolute atomic E-state index is 0.702. The number of benzene rings is 1. The molecule has 1 fully saturated rings. The third-order valence-electron chi connectivity index (χ3n) is 3.97. The summed E-state index contributed by atoms with van der Waals surface area (Å²) in [6.45, 7) is 9.36. The lowest BCUT2D eigenvalue weighted by Crippen LogP contribution is -2.46. The summed E-state index contributed by atoms with van der Waals surface area (Å²) < 4.78 is 0. The molecular weight excluding hydrogens is 276 g/mol. The van der Waals surface area contributed by atoms with Gasteiger partial charge in [-0.1, -0.05) is 24.6 Å². The van der Waals surface area contributed by atoms with Crippen LogP contribution >= 0.6 is 0 Å². The van der Waals surface area contributed by atoms with E-state index in [9.17, 15) is 0 Å². The molecule has 1 aromatic carbocycles. The number of aromatic nitrogens is 3. The van der Waals surface area contributed by atoms with Crippen molar-refractivity contribution in [2.75, 3.05) is 42.9 Å². The Morgan fingerprint density at radius 2 is 1.82 bits per heavy atom. The summed E-state index contributed by atoms with van der Waals surface area (Å²) in [5.74, 6) is 1.43. The fraction of sp³-hybridized carbons (Fsp3) is 0.438. The Labute approximate surface area is 131 Å². The topological polar surface area (TPSA) is 57.2 Å². The van der Waals surface area contributed by atoms with E-state index in [1.54, 1.807) is 6.20 Å². The Morgan fingerprint density at radius 3 is 2.50 bits per heavy atom. The molecule has 1 aromatic heterocycles. The van der Waals surface area contributed by atoms with Gasteiger partial charge in [-0.05, 0) is 25.6 Å². The van der Waals surface area contributed by atoms with Crippen molar-refractivity contribution in [1.29, 1.82) is 0 Å². The standard InChI is InChI=1S/C16H22N6/c1-3-21-8-10-22(11-9-21)16-19-15(12-17-20-16)18-14-6-4-13(2)5-7-14/h4-7,12H,3,8-11H2,1-2H3,(H,18,19,20). The van der Waals surface area contributed by atoms with Crippen LogP contribution < -0.4 is 10.2 Å². The monoisotopic (exact) mass is 298 g/mol. The molecule has 116 valence electrons. The summed E-state index contributed by atoms with van der Waals surface area (Å²) in [6, 6.07) is 8.22. The lowest BCUT2D eigenvalue weighted by Gasteiger charge is -2.33. The van der Waals surface area contributed by atoms with Gasteiger partial charge in [0.15, 0.2) is 5.82 Å². The molecule has 6 heteroatoms. The first-order valence-electron chi connectivity index (χ1n) is 7.75. The largest absolute Gasteiger partial charge is 0.339 e. The molecule has 1 N–H and O–H groups in total. The molecule has 22 heavy (non-hydrogen) atoms. The van der Waals surface area contributed by atoms with Gasteiger partial charge in [-0.2, -0.15) is 10.1 Å². The van der Waals surface area contributed by atoms with Crippen molar-refractivity contribution in [3.05, 3.63) is 36.0 Å². The fourth-order valence-corrected chi connectivity index (χ4v) is 2.54. The molecular formula is C16H22N6. The van der Waals surface area contributed by atoms with Crippen LogP contribution in [-0.2, 0) is 0 Å². The molecule has 2 heterocycles. The van der Waals surface area contributed by atoms with Gasteiger partial charge in [-0.25, -0.2) is 0 Å². The first-order valence-corrected chi connectivity index (χ1v) is 7.75. The first kappa shape index (κ1) is 14.7. The smallest absolute Gasteiger partial charge is 0.247 e. The van der Waals surface area contributed by atoms with Crippen molar-refractivity contribution in [1.82, 2.24) is 20.1 Å². The molecule has 3 rings (SSSR count). The van der Waals surface area contributed by atoms with Gasteiger partial charge >= 0.3 is 0 Å². The Kier molecular flexibility index (Phi) is 4.48. The predicted octanol–water partition coefficient (Wildman–Crippen LogP) is 2.07. The van der Waals surface area contributed by atoms with Crippen LogP contribution in [0.2, 0.25) is 0 Å². The van der Waals surface area contributed by atoms with Gasteiger partial charge in [-0.15, -0.1) is 5.10 Å². The molecule has 0 saturated carbocycles. The lowest BCUT2D eigenvalue weighted by molar-refractivity contribution is 0.269. The van der Waals surface area contributed by atoms with Gasteiger partial charge in [0.1, 0.15) is 0 Å². The quantitative estimate of drug-likeness (QED) is 0.932. The third-order valence-corrected chi connectivity index (χ3v) is 3.97. The summed E-state index contributed by atoms with van der Waals surface area (Å²) in [6.07, 6.45) is 1.66. The molecule has 0 bridgehead atoms. The maximum atomic E-state index is 4.59. The van der Waals surface area contributed by atoms with Crippen molar-refractivity contribution in [3.8, 4) is 0 Å². The van der Waals surface area contributed by atoms with E-state index < -0.39 is 0 Å². The van der Waals surface area contributed by atoms with Gasteiger partial charge in [0.2, 0.25) is 5.95 Å². The van der Waals surface area contributed by atoms with Crippen molar-refractivity contribution in [2.45, 2.75) is 13.8 Å². The van der Waals surface area contributed by atoms with E-state index in [2.05, 4.69) is 56.3 Å². The second-order valence-electron chi connectivity index (χ2n) is 5.55. The van der Waals surface area contributed by atoms with Crippen LogP contribution in [0.4, 0.5) is 17.5 Å². The minimum atomic E-state index is 0.702. The zero-order chi connectivity index (χ0) is 15.4. The summed E-state index contributed by atoms with van der Waals surface area (Å²) in [7, 11) is 0. The number of anilines is 3. The SMILES string of the molecule is CCN1CCN(c2nncc(Nc3ccc(C)cc3)n2)CC1. The molecule has 0 spiro atoms. The molecule has 0 radical (unpaired) electrons. The van der Waals surface area contributed by atoms with Gasteiger partial charge in [0.05, 0.1) is 6.20 Å². The molecule has 1 aliphatic rings. The number of aryl methyl sites for hydroxylation is 1. The second-order valence-corrected chi connectivity index (χ2v) is 5.55. The molecule has 1 saturated heterocycles. The summed E-state index contributed by atoms with van der Waals surface area (Å²) >= 11 is 0. The Hall–Kier alpha value is -2.21. The highest BCUT2D eigenvalue weighted by Gasteiger charge is 2.18. The second kappa shape index (κ2) is 6.70. The van der Waals surface area contributed by atoms with Crippen molar-refractivity contribution < 1.29 is 0 Å². The molecule has 0 aliphatic carbocycles. The average molecular weight is 298 g/mol. The van der Waals surface area contributed by atoms with Crippen molar-refractivity contribution in [3.63, 3.8) is 0 Å². The fourth-order valence-electron chi connectivity index (χ4n) is 2.54. The highest BCUT2D eigenvalue weighted by atomic mass is 15.4. The van der Waals surface area contributed by atoms with Crippen molar-refractivity contribution >= 4 is 17.5 Å². The van der Waals surface area contributed by atoms with Crippen LogP contribution in [0.3, 0.4) is 0 Å². The van der Waals surface area contributed by atoms with E-state index in [0.717, 1.165) is 44.2 Å². The zero-order valence-corrected chi connectivity index (χ0v) is 13.2. The molecule has 6 nitrogen and oxygen atoms in total. The Balaban J connectivity index is 1.68. The maximum Gasteiger partial charge on any atom is 0.247 e. The zero-order valence-electron chi connectivity index (χ0n) is 13.2. The normalized spacial score (nSPS) is 15.8. The Bertz CT molecular complexity index is 604. The third kappa shape index (κ3) is 3.51. The minimum Gasteiger partial charge on any atom is -0.339 e. The van der Waals surface area contributed by atoms with Gasteiger partial charge < -0.3 is 15.1 Å². The average Bonchev–Trinajstić information content (AvgIpc) is 2.57. The van der Waals surface area contributed by atoms with Gasteiger partial charge in [0.25, 0.3) is 0 Å². The number of hydrogen-bond acceptors (Lipinski definition) is 6. The maximum absolute atomic E-state index is 4.59. The van der Waals surface area contributed by atoms with E-state index in [0.29, 0.717) is 5.95 Å². The molecule has 0 amide bonds. The lowest BCUT2D eigenvalue weighted by atomic mass is 10.2. The highest BCUT2D eigenvalue weighted by molar-refractivity contribution is 5.56. The molecule has 0 unspecified atom stereocenters. The van der Waals surface area contributed by atoms with E-state index in [1.807, 2.05) is 12.1 Å². The predicted molar refractivity (Wildman–Crippen MR) is 88.6 cm³/mol. The number of nitrogens with one attached hydrogen (secondary N) is 1. The van der Waals surface area contributed by atoms with Gasteiger partial charge in [-0.3, -0.25) is 0 Å². The first-order chi connectivity index (χ1) is 10.7. The van der Waals surface area contributed by atoms with E-state index in [4.69, 9.17) is 0 Å². The van der Waals surface area contributed by atoms with Crippen LogP contribution in [0.25, 0.3) is 0 Å². The number of nitrogens with zero attached hydrogens (tertiary/aromatic N) is 5. The van der Waals surface area contributed by atoms with Crippen LogP contribution in [0, 0.1) is 6.92 Å². The van der Waals surface area contributed by atoms with Crippen molar-refractivity contribution in [2.24, 2.45) is 0 Å².